The Balaban J connectivity index is 1.41. The number of aromatic hydroxyl groups is 1. The van der Waals surface area contributed by atoms with Gasteiger partial charge in [-0.25, -0.2) is 4.68 Å². The van der Waals surface area contributed by atoms with Crippen molar-refractivity contribution in [1.82, 2.24) is 39.8 Å². The van der Waals surface area contributed by atoms with Gasteiger partial charge in [0.1, 0.15) is 18.6 Å². The molecule has 2 aromatic heterocycles. The molecule has 0 radical (unpaired) electrons. The number of hydrogen-bond acceptors (Lipinski definition) is 7. The summed E-state index contributed by atoms with van der Waals surface area (Å²) in [6.07, 6.45) is 5.45. The molecule has 150 valence electrons. The van der Waals surface area contributed by atoms with E-state index in [0.29, 0.717) is 38.3 Å². The van der Waals surface area contributed by atoms with Crippen LogP contribution in [0.2, 0.25) is 0 Å². The van der Waals surface area contributed by atoms with Gasteiger partial charge in [-0.05, 0) is 35.0 Å². The van der Waals surface area contributed by atoms with Gasteiger partial charge in [-0.2, -0.15) is 5.10 Å². The zero-order valence-electron chi connectivity index (χ0n) is 15.6. The number of carbonyl (C=O) groups is 2. The molecule has 0 aliphatic carbocycles. The van der Waals surface area contributed by atoms with Gasteiger partial charge in [-0.3, -0.25) is 14.3 Å². The maximum Gasteiger partial charge on any atom is 0.257 e. The van der Waals surface area contributed by atoms with Crippen molar-refractivity contribution < 1.29 is 14.7 Å². The van der Waals surface area contributed by atoms with Crippen LogP contribution in [-0.4, -0.2) is 82.9 Å². The van der Waals surface area contributed by atoms with Gasteiger partial charge in [0.15, 0.2) is 0 Å². The van der Waals surface area contributed by atoms with E-state index in [1.165, 1.54) is 17.1 Å². The molecule has 1 aliphatic rings. The van der Waals surface area contributed by atoms with Gasteiger partial charge < -0.3 is 14.9 Å². The molecule has 1 aromatic carbocycles. The second-order valence-corrected chi connectivity index (χ2v) is 6.69. The first-order valence-corrected chi connectivity index (χ1v) is 9.22. The van der Waals surface area contributed by atoms with Crippen molar-refractivity contribution in [2.45, 2.75) is 13.0 Å². The summed E-state index contributed by atoms with van der Waals surface area (Å²) in [6.45, 7) is 2.11. The fraction of sp³-hybridized carbons (Fsp3) is 0.333. The number of tetrazole rings is 1. The van der Waals surface area contributed by atoms with Crippen LogP contribution in [-0.2, 0) is 11.3 Å². The number of hydrogen-bond donors (Lipinski definition) is 1. The lowest BCUT2D eigenvalue weighted by molar-refractivity contribution is -0.131. The second-order valence-electron chi connectivity index (χ2n) is 6.69. The van der Waals surface area contributed by atoms with E-state index >= 15 is 0 Å². The third kappa shape index (κ3) is 4.08. The molecule has 0 atom stereocenters. The van der Waals surface area contributed by atoms with Crippen LogP contribution in [0.3, 0.4) is 0 Å². The van der Waals surface area contributed by atoms with Crippen LogP contribution in [0.15, 0.2) is 43.0 Å². The zero-order valence-corrected chi connectivity index (χ0v) is 15.6. The number of benzene rings is 1. The van der Waals surface area contributed by atoms with Crippen LogP contribution in [0, 0.1) is 0 Å². The standard InChI is InChI=1S/C18H20N8O3/c27-16-11-14(26-13-19-21-22-26)3-4-15(16)18(29)24-7-2-6-23(9-10-24)17(28)12-25-8-1-5-20-25/h1,3-5,8,11,13,27H,2,6-7,9-10,12H2. The highest BCUT2D eigenvalue weighted by molar-refractivity contribution is 5.97. The number of aromatic nitrogens is 6. The van der Waals surface area contributed by atoms with Gasteiger partial charge in [0.25, 0.3) is 5.91 Å². The first-order chi connectivity index (χ1) is 14.1. The monoisotopic (exact) mass is 396 g/mol. The highest BCUT2D eigenvalue weighted by Gasteiger charge is 2.24. The SMILES string of the molecule is O=C(Cn1cccn1)N1CCCN(C(=O)c2ccc(-n3cnnn3)cc2O)CC1. The molecule has 4 rings (SSSR count). The molecular formula is C18H20N8O3. The molecule has 2 amide bonds. The predicted octanol–water partition coefficient (Wildman–Crippen LogP) is -0.0609. The van der Waals surface area contributed by atoms with Gasteiger partial charge in [-0.1, -0.05) is 0 Å². The molecule has 11 heteroatoms. The molecule has 1 saturated heterocycles. The molecule has 1 aliphatic heterocycles. The maximum absolute atomic E-state index is 12.9. The topological polar surface area (TPSA) is 122 Å². The lowest BCUT2D eigenvalue weighted by Crippen LogP contribution is -2.38. The van der Waals surface area contributed by atoms with E-state index < -0.39 is 0 Å². The molecule has 0 spiro atoms. The molecule has 11 nitrogen and oxygen atoms in total. The molecule has 3 heterocycles. The summed E-state index contributed by atoms with van der Waals surface area (Å²) in [5, 5.41) is 25.3. The number of amides is 2. The van der Waals surface area contributed by atoms with Gasteiger partial charge in [0, 0.05) is 44.6 Å². The van der Waals surface area contributed by atoms with Crippen molar-refractivity contribution in [2.75, 3.05) is 26.2 Å². The highest BCUT2D eigenvalue weighted by Crippen LogP contribution is 2.23. The Kier molecular flexibility index (Phi) is 5.18. The van der Waals surface area contributed by atoms with Crippen molar-refractivity contribution in [2.24, 2.45) is 0 Å². The van der Waals surface area contributed by atoms with Crippen molar-refractivity contribution in [3.63, 3.8) is 0 Å². The molecule has 0 bridgehead atoms. The Hall–Kier alpha value is -3.76. The van der Waals surface area contributed by atoms with Crippen molar-refractivity contribution >= 4 is 11.8 Å². The van der Waals surface area contributed by atoms with Gasteiger partial charge in [-0.15, -0.1) is 5.10 Å². The average Bonchev–Trinajstić information content (AvgIpc) is 3.37. The van der Waals surface area contributed by atoms with Crippen LogP contribution in [0.1, 0.15) is 16.8 Å². The first-order valence-electron chi connectivity index (χ1n) is 9.22. The summed E-state index contributed by atoms with van der Waals surface area (Å²) >= 11 is 0. The van der Waals surface area contributed by atoms with Crippen molar-refractivity contribution in [3.05, 3.63) is 48.5 Å². The van der Waals surface area contributed by atoms with E-state index in [0.717, 1.165) is 0 Å². The van der Waals surface area contributed by atoms with Gasteiger partial charge in [0.2, 0.25) is 5.91 Å². The second kappa shape index (κ2) is 8.09. The van der Waals surface area contributed by atoms with Crippen LogP contribution in [0.25, 0.3) is 5.69 Å². The number of nitrogens with zero attached hydrogens (tertiary/aromatic N) is 8. The third-order valence-corrected chi connectivity index (χ3v) is 4.82. The summed E-state index contributed by atoms with van der Waals surface area (Å²) < 4.78 is 2.98. The predicted molar refractivity (Wildman–Crippen MR) is 100 cm³/mol. The third-order valence-electron chi connectivity index (χ3n) is 4.82. The van der Waals surface area contributed by atoms with E-state index in [2.05, 4.69) is 20.6 Å². The lowest BCUT2D eigenvalue weighted by Gasteiger charge is -2.22. The Morgan fingerprint density at radius 1 is 1.10 bits per heavy atom. The summed E-state index contributed by atoms with van der Waals surface area (Å²) in [5.74, 6) is -0.442. The fourth-order valence-corrected chi connectivity index (χ4v) is 3.30. The molecule has 1 N–H and O–H groups in total. The largest absolute Gasteiger partial charge is 0.507 e. The normalized spacial score (nSPS) is 14.6. The van der Waals surface area contributed by atoms with E-state index in [9.17, 15) is 14.7 Å². The van der Waals surface area contributed by atoms with Crippen molar-refractivity contribution in [3.8, 4) is 11.4 Å². The quantitative estimate of drug-likeness (QED) is 0.655. The van der Waals surface area contributed by atoms with Crippen LogP contribution >= 0.6 is 0 Å². The highest BCUT2D eigenvalue weighted by atomic mass is 16.3. The molecule has 3 aromatic rings. The van der Waals surface area contributed by atoms with E-state index in [1.54, 1.807) is 45.1 Å². The molecular weight excluding hydrogens is 376 g/mol. The molecule has 0 unspecified atom stereocenters. The summed E-state index contributed by atoms with van der Waals surface area (Å²) in [7, 11) is 0. The van der Waals surface area contributed by atoms with Crippen LogP contribution in [0.5, 0.6) is 5.75 Å². The van der Waals surface area contributed by atoms with E-state index in [-0.39, 0.29) is 29.7 Å². The van der Waals surface area contributed by atoms with Gasteiger partial charge in [0.05, 0.1) is 11.3 Å². The minimum Gasteiger partial charge on any atom is -0.507 e. The number of rotatable bonds is 4. The fourth-order valence-electron chi connectivity index (χ4n) is 3.30. The van der Waals surface area contributed by atoms with Gasteiger partial charge >= 0.3 is 0 Å². The Labute approximate surface area is 166 Å². The Morgan fingerprint density at radius 3 is 2.66 bits per heavy atom. The molecule has 29 heavy (non-hydrogen) atoms. The molecule has 0 saturated carbocycles. The smallest absolute Gasteiger partial charge is 0.257 e. The Bertz CT molecular complexity index is 987. The minimum atomic E-state index is -0.271. The maximum atomic E-state index is 12.9. The number of carbonyl (C=O) groups excluding carboxylic acids is 2. The number of phenols is 1. The van der Waals surface area contributed by atoms with Crippen molar-refractivity contribution in [1.29, 1.82) is 0 Å². The molecule has 1 fully saturated rings. The Morgan fingerprint density at radius 2 is 1.93 bits per heavy atom. The van der Waals surface area contributed by atoms with Crippen LogP contribution < -0.4 is 0 Å². The minimum absolute atomic E-state index is 0.0309. The number of phenolic OH excluding ortho intramolecular Hbond substituents is 1. The first kappa shape index (κ1) is 18.6. The lowest BCUT2D eigenvalue weighted by atomic mass is 10.1. The van der Waals surface area contributed by atoms with E-state index in [4.69, 9.17) is 0 Å². The average molecular weight is 396 g/mol. The summed E-state index contributed by atoms with van der Waals surface area (Å²) in [5.41, 5.74) is 0.758. The van der Waals surface area contributed by atoms with Crippen LogP contribution in [0.4, 0.5) is 0 Å². The summed E-state index contributed by atoms with van der Waals surface area (Å²) in [6, 6.07) is 6.44. The summed E-state index contributed by atoms with van der Waals surface area (Å²) in [4.78, 5) is 28.8. The zero-order chi connectivity index (χ0) is 20.2. The van der Waals surface area contributed by atoms with E-state index in [1.807, 2.05) is 0 Å².